The molecule has 9 heavy (non-hydrogen) atoms. The van der Waals surface area contributed by atoms with Gasteiger partial charge < -0.3 is 4.90 Å². The molecular formula is C4H9N3S2. The molecule has 0 spiro atoms. The number of nitrogens with zero attached hydrogens (tertiary/aromatic N) is 2. The summed E-state index contributed by atoms with van der Waals surface area (Å²) in [6, 6.07) is 0. The SMILES string of the molecule is CN=C(S)N(C)C(=N)S. The Morgan fingerprint density at radius 3 is 2.11 bits per heavy atom. The van der Waals surface area contributed by atoms with Crippen LogP contribution in [0.4, 0.5) is 0 Å². The number of amidine groups is 2. The monoisotopic (exact) mass is 163 g/mol. The van der Waals surface area contributed by atoms with Crippen LogP contribution in [-0.2, 0) is 0 Å². The molecule has 0 aliphatic heterocycles. The van der Waals surface area contributed by atoms with Gasteiger partial charge in [0, 0.05) is 14.1 Å². The Morgan fingerprint density at radius 1 is 1.56 bits per heavy atom. The normalized spacial score (nSPS) is 11.3. The molecule has 0 saturated carbocycles. The zero-order chi connectivity index (χ0) is 7.44. The Balaban J connectivity index is 4.04. The van der Waals surface area contributed by atoms with Crippen LogP contribution in [0, 0.1) is 5.41 Å². The first-order chi connectivity index (χ1) is 4.09. The van der Waals surface area contributed by atoms with Gasteiger partial charge in [0.25, 0.3) is 0 Å². The first-order valence-electron chi connectivity index (χ1n) is 2.26. The third kappa shape index (κ3) is 2.76. The number of aliphatic imine (C=N–C) groups is 1. The molecule has 0 unspecified atom stereocenters. The fraction of sp³-hybridized carbons (Fsp3) is 0.500. The highest BCUT2D eigenvalue weighted by Crippen LogP contribution is 1.95. The van der Waals surface area contributed by atoms with Crippen molar-refractivity contribution in [1.82, 2.24) is 4.90 Å². The van der Waals surface area contributed by atoms with Crippen molar-refractivity contribution in [2.45, 2.75) is 0 Å². The molecule has 0 rings (SSSR count). The van der Waals surface area contributed by atoms with Crippen LogP contribution >= 0.6 is 25.3 Å². The van der Waals surface area contributed by atoms with Crippen molar-refractivity contribution < 1.29 is 0 Å². The van der Waals surface area contributed by atoms with E-state index in [9.17, 15) is 0 Å². The summed E-state index contributed by atoms with van der Waals surface area (Å²) >= 11 is 7.72. The summed E-state index contributed by atoms with van der Waals surface area (Å²) in [4.78, 5) is 5.18. The molecule has 0 aliphatic rings. The van der Waals surface area contributed by atoms with Gasteiger partial charge in [0.2, 0.25) is 0 Å². The van der Waals surface area contributed by atoms with Gasteiger partial charge in [-0.1, -0.05) is 0 Å². The molecular weight excluding hydrogens is 154 g/mol. The van der Waals surface area contributed by atoms with E-state index in [4.69, 9.17) is 5.41 Å². The lowest BCUT2D eigenvalue weighted by molar-refractivity contribution is 0.779. The van der Waals surface area contributed by atoms with Crippen LogP contribution in [0.1, 0.15) is 0 Å². The lowest BCUT2D eigenvalue weighted by atomic mass is 10.9. The Bertz CT molecular complexity index is 143. The number of thiol groups is 2. The molecule has 0 fully saturated rings. The molecule has 0 radical (unpaired) electrons. The lowest BCUT2D eigenvalue weighted by Crippen LogP contribution is -2.25. The van der Waals surface area contributed by atoms with Gasteiger partial charge in [-0.05, 0) is 0 Å². The van der Waals surface area contributed by atoms with E-state index in [-0.39, 0.29) is 5.17 Å². The molecule has 0 atom stereocenters. The van der Waals surface area contributed by atoms with E-state index in [1.165, 1.54) is 4.90 Å². The second-order valence-corrected chi connectivity index (χ2v) is 2.23. The van der Waals surface area contributed by atoms with Crippen LogP contribution in [0.2, 0.25) is 0 Å². The van der Waals surface area contributed by atoms with Crippen LogP contribution in [0.5, 0.6) is 0 Å². The summed E-state index contributed by atoms with van der Waals surface area (Å²) in [5, 5.41) is 7.61. The molecule has 3 nitrogen and oxygen atoms in total. The fourth-order valence-corrected chi connectivity index (χ4v) is 0.518. The van der Waals surface area contributed by atoms with Crippen molar-refractivity contribution in [3.05, 3.63) is 0 Å². The molecule has 0 aromatic heterocycles. The molecule has 0 aromatic carbocycles. The third-order valence-electron chi connectivity index (χ3n) is 0.818. The van der Waals surface area contributed by atoms with E-state index in [0.29, 0.717) is 5.17 Å². The molecule has 0 bridgehead atoms. The maximum Gasteiger partial charge on any atom is 0.161 e. The first kappa shape index (κ1) is 8.84. The molecule has 5 heteroatoms. The maximum atomic E-state index is 6.99. The van der Waals surface area contributed by atoms with Crippen molar-refractivity contribution in [3.8, 4) is 0 Å². The molecule has 52 valence electrons. The van der Waals surface area contributed by atoms with Crippen LogP contribution in [0.25, 0.3) is 0 Å². The first-order valence-corrected chi connectivity index (χ1v) is 3.16. The lowest BCUT2D eigenvalue weighted by Gasteiger charge is -2.13. The van der Waals surface area contributed by atoms with Gasteiger partial charge in [0.05, 0.1) is 0 Å². The van der Waals surface area contributed by atoms with Gasteiger partial charge >= 0.3 is 0 Å². The average molecular weight is 163 g/mol. The van der Waals surface area contributed by atoms with Gasteiger partial charge in [0.15, 0.2) is 10.3 Å². The molecule has 0 heterocycles. The van der Waals surface area contributed by atoms with Crippen LogP contribution in [0.3, 0.4) is 0 Å². The average Bonchev–Trinajstić information content (AvgIpc) is 1.84. The highest BCUT2D eigenvalue weighted by atomic mass is 32.1. The minimum Gasteiger partial charge on any atom is -0.304 e. The molecule has 0 saturated heterocycles. The van der Waals surface area contributed by atoms with Gasteiger partial charge in [-0.3, -0.25) is 10.4 Å². The predicted molar refractivity (Wildman–Crippen MR) is 46.8 cm³/mol. The van der Waals surface area contributed by atoms with E-state index in [1.807, 2.05) is 0 Å². The summed E-state index contributed by atoms with van der Waals surface area (Å²) in [5.74, 6) is 0. The van der Waals surface area contributed by atoms with Crippen LogP contribution < -0.4 is 0 Å². The number of rotatable bonds is 0. The summed E-state index contributed by atoms with van der Waals surface area (Å²) in [7, 11) is 3.28. The molecule has 0 aliphatic carbocycles. The third-order valence-corrected chi connectivity index (χ3v) is 1.62. The van der Waals surface area contributed by atoms with Gasteiger partial charge in [-0.2, -0.15) is 0 Å². The summed E-state index contributed by atoms with van der Waals surface area (Å²) in [6.45, 7) is 0. The van der Waals surface area contributed by atoms with Crippen molar-refractivity contribution in [3.63, 3.8) is 0 Å². The number of hydrogen-bond acceptors (Lipinski definition) is 2. The summed E-state index contributed by atoms with van der Waals surface area (Å²) < 4.78 is 0. The van der Waals surface area contributed by atoms with Crippen molar-refractivity contribution in [1.29, 1.82) is 5.41 Å². The minimum absolute atomic E-state index is 0.130. The fourth-order valence-electron chi connectivity index (χ4n) is 0.245. The Labute approximate surface area is 65.5 Å². The Morgan fingerprint density at radius 2 is 2.00 bits per heavy atom. The standard InChI is InChI=1S/C4H9N3S2/c1-6-4(9)7(2)3(5)8/h1-2H3,(H2,5,8)(H,6,9). The van der Waals surface area contributed by atoms with Crippen molar-refractivity contribution in [2.75, 3.05) is 14.1 Å². The van der Waals surface area contributed by atoms with E-state index in [2.05, 4.69) is 30.2 Å². The predicted octanol–water partition coefficient (Wildman–Crippen LogP) is 0.698. The van der Waals surface area contributed by atoms with Gasteiger partial charge in [0.1, 0.15) is 0 Å². The topological polar surface area (TPSA) is 39.5 Å². The zero-order valence-electron chi connectivity index (χ0n) is 5.29. The second kappa shape index (κ2) is 3.79. The summed E-state index contributed by atoms with van der Waals surface area (Å²) in [5.41, 5.74) is 0. The minimum atomic E-state index is 0.130. The second-order valence-electron chi connectivity index (χ2n) is 1.41. The van der Waals surface area contributed by atoms with E-state index in [0.717, 1.165) is 0 Å². The highest BCUT2D eigenvalue weighted by Gasteiger charge is 2.00. The number of hydrogen-bond donors (Lipinski definition) is 3. The van der Waals surface area contributed by atoms with E-state index in [1.54, 1.807) is 14.1 Å². The highest BCUT2D eigenvalue weighted by molar-refractivity contribution is 7.98. The van der Waals surface area contributed by atoms with Crippen LogP contribution in [0.15, 0.2) is 4.99 Å². The number of nitrogens with one attached hydrogen (secondary N) is 1. The Hall–Kier alpha value is -0.160. The smallest absolute Gasteiger partial charge is 0.161 e. The summed E-state index contributed by atoms with van der Waals surface area (Å²) in [6.07, 6.45) is 0. The maximum absolute atomic E-state index is 6.99. The molecule has 0 aromatic rings. The van der Waals surface area contributed by atoms with E-state index < -0.39 is 0 Å². The van der Waals surface area contributed by atoms with Crippen molar-refractivity contribution >= 4 is 35.6 Å². The quantitative estimate of drug-likeness (QED) is 0.274. The van der Waals surface area contributed by atoms with Gasteiger partial charge in [-0.15, -0.1) is 25.3 Å². The van der Waals surface area contributed by atoms with E-state index >= 15 is 0 Å². The Kier molecular flexibility index (Phi) is 3.72. The molecule has 0 amide bonds. The van der Waals surface area contributed by atoms with Crippen LogP contribution in [-0.4, -0.2) is 29.3 Å². The van der Waals surface area contributed by atoms with Gasteiger partial charge in [-0.25, -0.2) is 0 Å². The zero-order valence-corrected chi connectivity index (χ0v) is 7.08. The largest absolute Gasteiger partial charge is 0.304 e. The van der Waals surface area contributed by atoms with Crippen molar-refractivity contribution in [2.24, 2.45) is 4.99 Å². The molecule has 1 N–H and O–H groups in total.